The molecule has 0 atom stereocenters. The van der Waals surface area contributed by atoms with E-state index in [1.165, 1.54) is 23.0 Å². The van der Waals surface area contributed by atoms with Crippen molar-refractivity contribution in [1.82, 2.24) is 9.78 Å². The molecule has 0 aliphatic rings. The van der Waals surface area contributed by atoms with Gasteiger partial charge in [0, 0.05) is 6.20 Å². The zero-order chi connectivity index (χ0) is 13.3. The second-order valence-electron chi connectivity index (χ2n) is 3.91. The highest BCUT2D eigenvalue weighted by atomic mass is 19.4. The maximum absolute atomic E-state index is 12.9. The fourth-order valence-corrected chi connectivity index (χ4v) is 1.66. The predicted molar refractivity (Wildman–Crippen MR) is 59.2 cm³/mol. The van der Waals surface area contributed by atoms with E-state index in [0.717, 1.165) is 6.07 Å². The van der Waals surface area contributed by atoms with Gasteiger partial charge in [-0.25, -0.2) is 4.68 Å². The first-order valence-corrected chi connectivity index (χ1v) is 5.25. The van der Waals surface area contributed by atoms with E-state index in [1.54, 1.807) is 13.0 Å². The number of aryl methyl sites for hydroxylation is 1. The van der Waals surface area contributed by atoms with Crippen LogP contribution in [0.3, 0.4) is 0 Å². The largest absolute Gasteiger partial charge is 0.418 e. The molecule has 0 aliphatic carbocycles. The average Bonchev–Trinajstić information content (AvgIpc) is 2.74. The molecule has 0 radical (unpaired) electrons. The second-order valence-corrected chi connectivity index (χ2v) is 3.91. The van der Waals surface area contributed by atoms with Gasteiger partial charge >= 0.3 is 6.18 Å². The Labute approximate surface area is 101 Å². The van der Waals surface area contributed by atoms with E-state index in [-0.39, 0.29) is 11.3 Å². The molecular formula is C12H11F3N2O. The first-order valence-electron chi connectivity index (χ1n) is 5.25. The lowest BCUT2D eigenvalue weighted by Crippen LogP contribution is -2.12. The molecule has 1 aromatic heterocycles. The fourth-order valence-electron chi connectivity index (χ4n) is 1.66. The summed E-state index contributed by atoms with van der Waals surface area (Å²) in [5.41, 5.74) is -0.00531. The molecule has 0 saturated heterocycles. The van der Waals surface area contributed by atoms with Crippen molar-refractivity contribution >= 4 is 0 Å². The van der Waals surface area contributed by atoms with E-state index >= 15 is 0 Å². The summed E-state index contributed by atoms with van der Waals surface area (Å²) in [7, 11) is 0. The smallest absolute Gasteiger partial charge is 0.392 e. The van der Waals surface area contributed by atoms with Gasteiger partial charge in [-0.3, -0.25) is 0 Å². The molecule has 6 heteroatoms. The van der Waals surface area contributed by atoms with Crippen LogP contribution in [0.4, 0.5) is 13.2 Å². The highest BCUT2D eigenvalue weighted by Gasteiger charge is 2.34. The van der Waals surface area contributed by atoms with Gasteiger partial charge in [-0.05, 0) is 30.7 Å². The topological polar surface area (TPSA) is 38.0 Å². The van der Waals surface area contributed by atoms with E-state index in [9.17, 15) is 13.2 Å². The number of aromatic nitrogens is 2. The Kier molecular flexibility index (Phi) is 3.13. The van der Waals surface area contributed by atoms with E-state index in [1.807, 2.05) is 0 Å². The maximum Gasteiger partial charge on any atom is 0.418 e. The Morgan fingerprint density at radius 3 is 2.50 bits per heavy atom. The summed E-state index contributed by atoms with van der Waals surface area (Å²) in [4.78, 5) is 0. The summed E-state index contributed by atoms with van der Waals surface area (Å²) in [6.07, 6.45) is -3.01. The molecule has 0 amide bonds. The molecule has 1 heterocycles. The summed E-state index contributed by atoms with van der Waals surface area (Å²) >= 11 is 0. The highest BCUT2D eigenvalue weighted by Crippen LogP contribution is 2.34. The molecule has 2 rings (SSSR count). The molecule has 1 N–H and O–H groups in total. The monoisotopic (exact) mass is 256 g/mol. The molecule has 0 aliphatic heterocycles. The molecule has 0 spiro atoms. The fraction of sp³-hybridized carbons (Fsp3) is 0.250. The summed E-state index contributed by atoms with van der Waals surface area (Å²) in [6, 6.07) is 5.31. The van der Waals surface area contributed by atoms with Crippen molar-refractivity contribution in [3.8, 4) is 5.69 Å². The third-order valence-electron chi connectivity index (χ3n) is 2.52. The van der Waals surface area contributed by atoms with Gasteiger partial charge < -0.3 is 5.11 Å². The number of aliphatic hydroxyl groups excluding tert-OH is 1. The van der Waals surface area contributed by atoms with Crippen LogP contribution >= 0.6 is 0 Å². The minimum Gasteiger partial charge on any atom is -0.392 e. The molecule has 3 nitrogen and oxygen atoms in total. The van der Waals surface area contributed by atoms with Crippen molar-refractivity contribution < 1.29 is 18.3 Å². The minimum absolute atomic E-state index is 0.0483. The molecular weight excluding hydrogens is 245 g/mol. The van der Waals surface area contributed by atoms with E-state index in [0.29, 0.717) is 5.69 Å². The Morgan fingerprint density at radius 1 is 1.28 bits per heavy atom. The first kappa shape index (κ1) is 12.6. The van der Waals surface area contributed by atoms with Gasteiger partial charge in [0.1, 0.15) is 0 Å². The second kappa shape index (κ2) is 4.45. The molecule has 96 valence electrons. The number of benzene rings is 1. The van der Waals surface area contributed by atoms with Crippen LogP contribution in [-0.4, -0.2) is 14.9 Å². The van der Waals surface area contributed by atoms with Crippen LogP contribution in [-0.2, 0) is 12.8 Å². The van der Waals surface area contributed by atoms with Crippen molar-refractivity contribution in [3.63, 3.8) is 0 Å². The standard InChI is InChI=1S/C12H11F3N2O/c1-8-4-5-17(16-8)11-3-2-9(7-18)6-10(11)12(13,14)15/h2-6,18H,7H2,1H3. The van der Waals surface area contributed by atoms with Gasteiger partial charge in [0.05, 0.1) is 23.6 Å². The van der Waals surface area contributed by atoms with Crippen LogP contribution in [0.15, 0.2) is 30.5 Å². The van der Waals surface area contributed by atoms with Crippen LogP contribution < -0.4 is 0 Å². The number of alkyl halides is 3. The van der Waals surface area contributed by atoms with Crippen molar-refractivity contribution in [3.05, 3.63) is 47.3 Å². The third kappa shape index (κ3) is 2.38. The third-order valence-corrected chi connectivity index (χ3v) is 2.52. The Morgan fingerprint density at radius 2 is 2.00 bits per heavy atom. The zero-order valence-corrected chi connectivity index (χ0v) is 9.57. The molecule has 0 bridgehead atoms. The lowest BCUT2D eigenvalue weighted by atomic mass is 10.1. The van der Waals surface area contributed by atoms with Crippen LogP contribution in [0.1, 0.15) is 16.8 Å². The molecule has 18 heavy (non-hydrogen) atoms. The van der Waals surface area contributed by atoms with Gasteiger partial charge in [0.15, 0.2) is 0 Å². The van der Waals surface area contributed by atoms with E-state index < -0.39 is 18.3 Å². The van der Waals surface area contributed by atoms with Gasteiger partial charge in [-0.15, -0.1) is 0 Å². The summed E-state index contributed by atoms with van der Waals surface area (Å²) in [5, 5.41) is 12.9. The lowest BCUT2D eigenvalue weighted by molar-refractivity contribution is -0.137. The normalized spacial score (nSPS) is 11.8. The summed E-state index contributed by atoms with van der Waals surface area (Å²) in [6.45, 7) is 1.27. The van der Waals surface area contributed by atoms with Crippen LogP contribution in [0, 0.1) is 6.92 Å². The first-order chi connectivity index (χ1) is 8.41. The molecule has 0 fully saturated rings. The molecule has 0 unspecified atom stereocenters. The molecule has 2 aromatic rings. The van der Waals surface area contributed by atoms with Gasteiger partial charge in [0.25, 0.3) is 0 Å². The lowest BCUT2D eigenvalue weighted by Gasteiger charge is -2.14. The van der Waals surface area contributed by atoms with Crippen LogP contribution in [0.25, 0.3) is 5.69 Å². The number of halogens is 3. The predicted octanol–water partition coefficient (Wildman–Crippen LogP) is 2.69. The van der Waals surface area contributed by atoms with Gasteiger partial charge in [0.2, 0.25) is 0 Å². The number of rotatable bonds is 2. The SMILES string of the molecule is Cc1ccn(-c2ccc(CO)cc2C(F)(F)F)n1. The Hall–Kier alpha value is -1.82. The van der Waals surface area contributed by atoms with Crippen molar-refractivity contribution in [1.29, 1.82) is 0 Å². The summed E-state index contributed by atoms with van der Waals surface area (Å²) < 4.78 is 40.0. The van der Waals surface area contributed by atoms with Crippen molar-refractivity contribution in [2.24, 2.45) is 0 Å². The number of nitrogens with zero attached hydrogens (tertiary/aromatic N) is 2. The van der Waals surface area contributed by atoms with Gasteiger partial charge in [-0.1, -0.05) is 6.07 Å². The zero-order valence-electron chi connectivity index (χ0n) is 9.57. The number of hydrogen-bond donors (Lipinski definition) is 1. The maximum atomic E-state index is 12.9. The van der Waals surface area contributed by atoms with Crippen LogP contribution in [0.5, 0.6) is 0 Å². The number of hydrogen-bond acceptors (Lipinski definition) is 2. The average molecular weight is 256 g/mol. The Bertz CT molecular complexity index is 561. The summed E-state index contributed by atoms with van der Waals surface area (Å²) in [5.74, 6) is 0. The van der Waals surface area contributed by atoms with Crippen molar-refractivity contribution in [2.75, 3.05) is 0 Å². The van der Waals surface area contributed by atoms with Gasteiger partial charge in [-0.2, -0.15) is 18.3 Å². The number of aliphatic hydroxyl groups is 1. The Balaban J connectivity index is 2.60. The van der Waals surface area contributed by atoms with E-state index in [2.05, 4.69) is 5.10 Å². The molecule has 0 saturated carbocycles. The van der Waals surface area contributed by atoms with Crippen molar-refractivity contribution in [2.45, 2.75) is 19.7 Å². The quantitative estimate of drug-likeness (QED) is 0.897. The van der Waals surface area contributed by atoms with Crippen LogP contribution in [0.2, 0.25) is 0 Å². The highest BCUT2D eigenvalue weighted by molar-refractivity contribution is 5.44. The van der Waals surface area contributed by atoms with E-state index in [4.69, 9.17) is 5.11 Å². The molecule has 1 aromatic carbocycles. The minimum atomic E-state index is -4.49.